The van der Waals surface area contributed by atoms with Crippen molar-refractivity contribution in [3.63, 3.8) is 0 Å². The van der Waals surface area contributed by atoms with Crippen LogP contribution >= 0.6 is 15.9 Å². The summed E-state index contributed by atoms with van der Waals surface area (Å²) in [5, 5.41) is 2.83. The lowest BCUT2D eigenvalue weighted by molar-refractivity contribution is -0.120. The van der Waals surface area contributed by atoms with E-state index in [0.717, 1.165) is 32.5 Å². The average Bonchev–Trinajstić information content (AvgIpc) is 3.51. The summed E-state index contributed by atoms with van der Waals surface area (Å²) in [7, 11) is 1.65. The van der Waals surface area contributed by atoms with E-state index in [2.05, 4.69) is 62.2 Å². The Labute approximate surface area is 278 Å². The third-order valence-corrected chi connectivity index (χ3v) is 8.23. The third kappa shape index (κ3) is 7.57. The van der Waals surface area contributed by atoms with Crippen LogP contribution in [0.4, 0.5) is 4.79 Å². The van der Waals surface area contributed by atoms with Gasteiger partial charge in [0.15, 0.2) is 5.78 Å². The van der Waals surface area contributed by atoms with Crippen LogP contribution in [0.5, 0.6) is 5.75 Å². The molecule has 0 bridgehead atoms. The van der Waals surface area contributed by atoms with Crippen LogP contribution < -0.4 is 10.1 Å². The molecule has 5 rings (SSSR count). The number of Topliss-reactive ketones (excluding diaryl/α,β-unsaturated/α-hetero) is 1. The Morgan fingerprint density at radius 1 is 0.826 bits per heavy atom. The normalized spacial score (nSPS) is 12.3. The van der Waals surface area contributed by atoms with E-state index in [4.69, 9.17) is 14.5 Å². The zero-order valence-electron chi connectivity index (χ0n) is 26.4. The van der Waals surface area contributed by atoms with Crippen molar-refractivity contribution in [3.05, 3.63) is 154 Å². The maximum absolute atomic E-state index is 13.7. The van der Waals surface area contributed by atoms with E-state index >= 15 is 0 Å². The Bertz CT molecular complexity index is 1710. The molecule has 0 radical (unpaired) electrons. The fraction of sp³-hybridized carbons (Fsp3) is 0.237. The molecule has 8 heteroatoms. The Balaban J connectivity index is 1.57. The summed E-state index contributed by atoms with van der Waals surface area (Å²) in [6.07, 6.45) is 3.44. The van der Waals surface area contributed by atoms with Gasteiger partial charge in [-0.3, -0.25) is 4.79 Å². The largest absolute Gasteiger partial charge is 0.497 e. The summed E-state index contributed by atoms with van der Waals surface area (Å²) in [5.74, 6) is 0.612. The van der Waals surface area contributed by atoms with Crippen molar-refractivity contribution in [2.45, 2.75) is 50.8 Å². The first-order chi connectivity index (χ1) is 22.1. The zero-order valence-corrected chi connectivity index (χ0v) is 28.0. The maximum Gasteiger partial charge on any atom is 0.408 e. The number of ketones is 1. The Morgan fingerprint density at radius 2 is 1.39 bits per heavy atom. The highest BCUT2D eigenvalue weighted by Gasteiger charge is 2.39. The predicted octanol–water partition coefficient (Wildman–Crippen LogP) is 7.74. The number of amides is 1. The predicted molar refractivity (Wildman–Crippen MR) is 183 cm³/mol. The standard InChI is InChI=1S/C38H38BrN3O4/c1-37(2,3)46-36(44)41-34(35(43)23-27-15-19-31(39)20-16-27)24-32-25-42(26-40-32)38(28-11-7-5-8-12-28,29-13-9-6-10-14-29)30-17-21-33(45-4)22-18-30/h5-22,25-26,34H,23-24H2,1-4H3,(H,41,44). The minimum atomic E-state index is -0.856. The van der Waals surface area contributed by atoms with Crippen LogP contribution in [-0.4, -0.2) is 40.2 Å². The van der Waals surface area contributed by atoms with Crippen molar-refractivity contribution in [1.82, 2.24) is 14.9 Å². The molecular formula is C38H38BrN3O4. The monoisotopic (exact) mass is 679 g/mol. The van der Waals surface area contributed by atoms with Gasteiger partial charge in [-0.05, 0) is 67.3 Å². The molecule has 0 saturated heterocycles. The van der Waals surface area contributed by atoms with E-state index in [0.29, 0.717) is 5.69 Å². The molecule has 0 aliphatic rings. The van der Waals surface area contributed by atoms with Crippen molar-refractivity contribution in [1.29, 1.82) is 0 Å². The lowest BCUT2D eigenvalue weighted by Crippen LogP contribution is -2.45. The van der Waals surface area contributed by atoms with Crippen LogP contribution in [0.2, 0.25) is 0 Å². The molecule has 1 N–H and O–H groups in total. The summed E-state index contributed by atoms with van der Waals surface area (Å²) in [6.45, 7) is 5.37. The van der Waals surface area contributed by atoms with Gasteiger partial charge in [0.2, 0.25) is 0 Å². The zero-order chi connectivity index (χ0) is 32.7. The number of carbonyl (C=O) groups is 2. The summed E-state index contributed by atoms with van der Waals surface area (Å²) < 4.78 is 14.0. The number of hydrogen-bond donors (Lipinski definition) is 1. The molecular weight excluding hydrogens is 642 g/mol. The molecule has 0 saturated carbocycles. The first-order valence-electron chi connectivity index (χ1n) is 15.1. The van der Waals surface area contributed by atoms with Gasteiger partial charge in [0.05, 0.1) is 25.2 Å². The Kier molecular flexibility index (Phi) is 10.1. The molecule has 1 aromatic heterocycles. The van der Waals surface area contributed by atoms with Gasteiger partial charge in [-0.1, -0.05) is 101 Å². The first-order valence-corrected chi connectivity index (χ1v) is 15.9. The van der Waals surface area contributed by atoms with Crippen LogP contribution in [0.1, 0.15) is 48.7 Å². The van der Waals surface area contributed by atoms with Gasteiger partial charge in [0.25, 0.3) is 0 Å². The Morgan fingerprint density at radius 3 is 1.93 bits per heavy atom. The molecule has 5 aromatic rings. The smallest absolute Gasteiger partial charge is 0.408 e. The minimum absolute atomic E-state index is 0.143. The van der Waals surface area contributed by atoms with Crippen LogP contribution in [0, 0.1) is 0 Å². The fourth-order valence-electron chi connectivity index (χ4n) is 5.62. The highest BCUT2D eigenvalue weighted by Crippen LogP contribution is 2.41. The highest BCUT2D eigenvalue weighted by atomic mass is 79.9. The molecule has 236 valence electrons. The van der Waals surface area contributed by atoms with Crippen molar-refractivity contribution >= 4 is 27.8 Å². The molecule has 7 nitrogen and oxygen atoms in total. The van der Waals surface area contributed by atoms with E-state index in [1.807, 2.05) is 79.0 Å². The average molecular weight is 681 g/mol. The van der Waals surface area contributed by atoms with E-state index in [-0.39, 0.29) is 18.6 Å². The van der Waals surface area contributed by atoms with E-state index in [1.54, 1.807) is 34.2 Å². The minimum Gasteiger partial charge on any atom is -0.497 e. The molecule has 4 aromatic carbocycles. The second kappa shape index (κ2) is 14.2. The number of rotatable bonds is 11. The Hall–Kier alpha value is -4.69. The first kappa shape index (κ1) is 32.7. The van der Waals surface area contributed by atoms with Crippen LogP contribution in [0.25, 0.3) is 0 Å². The maximum atomic E-state index is 13.7. The summed E-state index contributed by atoms with van der Waals surface area (Å²) >= 11 is 3.45. The molecule has 46 heavy (non-hydrogen) atoms. The van der Waals surface area contributed by atoms with Crippen molar-refractivity contribution in [2.24, 2.45) is 0 Å². The number of imidazole rings is 1. The number of hydrogen-bond acceptors (Lipinski definition) is 5. The molecule has 1 atom stereocenters. The van der Waals surface area contributed by atoms with Crippen LogP contribution in [-0.2, 0) is 27.9 Å². The summed E-state index contributed by atoms with van der Waals surface area (Å²) in [4.78, 5) is 31.4. The van der Waals surface area contributed by atoms with Crippen LogP contribution in [0.3, 0.4) is 0 Å². The molecule has 0 spiro atoms. The SMILES string of the molecule is COc1ccc(C(c2ccccc2)(c2ccccc2)n2cnc(CC(NC(=O)OC(C)(C)C)C(=O)Cc3ccc(Br)cc3)c2)cc1. The molecule has 1 amide bonds. The number of halogens is 1. The molecule has 1 unspecified atom stereocenters. The fourth-order valence-corrected chi connectivity index (χ4v) is 5.89. The highest BCUT2D eigenvalue weighted by molar-refractivity contribution is 9.10. The molecule has 0 fully saturated rings. The molecule has 0 aliphatic carbocycles. The number of aromatic nitrogens is 2. The van der Waals surface area contributed by atoms with E-state index < -0.39 is 23.3 Å². The summed E-state index contributed by atoms with van der Waals surface area (Å²) in [6, 6.07) is 35.3. The van der Waals surface area contributed by atoms with E-state index in [9.17, 15) is 9.59 Å². The lowest BCUT2D eigenvalue weighted by atomic mass is 9.76. The van der Waals surface area contributed by atoms with Gasteiger partial charge in [0.1, 0.15) is 16.9 Å². The number of methoxy groups -OCH3 is 1. The van der Waals surface area contributed by atoms with Gasteiger partial charge in [-0.25, -0.2) is 9.78 Å². The van der Waals surface area contributed by atoms with Crippen LogP contribution in [0.15, 0.2) is 126 Å². The van der Waals surface area contributed by atoms with Gasteiger partial charge < -0.3 is 19.4 Å². The van der Waals surface area contributed by atoms with Crippen molar-refractivity contribution in [2.75, 3.05) is 7.11 Å². The third-order valence-electron chi connectivity index (χ3n) is 7.70. The molecule has 1 heterocycles. The van der Waals surface area contributed by atoms with E-state index in [1.165, 1.54) is 0 Å². The second-order valence-electron chi connectivity index (χ2n) is 12.1. The number of carbonyl (C=O) groups excluding carboxylic acids is 2. The number of nitrogens with zero attached hydrogens (tertiary/aromatic N) is 2. The number of ether oxygens (including phenoxy) is 2. The number of alkyl carbamates (subject to hydrolysis) is 1. The quantitative estimate of drug-likeness (QED) is 0.144. The molecule has 0 aliphatic heterocycles. The van der Waals surface area contributed by atoms with Gasteiger partial charge in [-0.15, -0.1) is 0 Å². The lowest BCUT2D eigenvalue weighted by Gasteiger charge is -2.37. The van der Waals surface area contributed by atoms with Gasteiger partial charge in [0, 0.05) is 23.5 Å². The number of benzene rings is 4. The van der Waals surface area contributed by atoms with Gasteiger partial charge >= 0.3 is 6.09 Å². The topological polar surface area (TPSA) is 82.4 Å². The summed E-state index contributed by atoms with van der Waals surface area (Å²) in [5.41, 5.74) is 3.06. The van der Waals surface area contributed by atoms with Crippen molar-refractivity contribution < 1.29 is 19.1 Å². The van der Waals surface area contributed by atoms with Crippen molar-refractivity contribution in [3.8, 4) is 5.75 Å². The number of nitrogens with one attached hydrogen (secondary N) is 1. The second-order valence-corrected chi connectivity index (χ2v) is 13.0. The van der Waals surface area contributed by atoms with Gasteiger partial charge in [-0.2, -0.15) is 0 Å².